The fourth-order valence-electron chi connectivity index (χ4n) is 1.07. The van der Waals surface area contributed by atoms with E-state index in [2.05, 4.69) is 29.6 Å². The Morgan fingerprint density at radius 1 is 1.12 bits per heavy atom. The highest BCUT2D eigenvalue weighted by molar-refractivity contribution is 5.41. The first-order chi connectivity index (χ1) is 8.11. The van der Waals surface area contributed by atoms with E-state index in [0.29, 0.717) is 5.75 Å². The summed E-state index contributed by atoms with van der Waals surface area (Å²) in [4.78, 5) is 0. The molecule has 0 radical (unpaired) electrons. The van der Waals surface area contributed by atoms with Crippen LogP contribution in [0.5, 0.6) is 17.2 Å². The molecule has 0 aliphatic carbocycles. The van der Waals surface area contributed by atoms with E-state index in [0.717, 1.165) is 0 Å². The normalized spacial score (nSPS) is 9.88. The summed E-state index contributed by atoms with van der Waals surface area (Å²) in [7, 11) is 0. The third kappa shape index (κ3) is 4.56. The first-order valence-electron chi connectivity index (χ1n) is 4.77. The second kappa shape index (κ2) is 6.01. The molecule has 3 heteroatoms. The van der Waals surface area contributed by atoms with E-state index in [4.69, 9.17) is 11.2 Å². The van der Waals surface area contributed by atoms with E-state index in [1.54, 1.807) is 6.92 Å². The Hall–Kier alpha value is -2.70. The average molecular weight is 226 g/mol. The number of aromatic hydroxyl groups is 2. The maximum atomic E-state index is 9.23. The van der Waals surface area contributed by atoms with Crippen molar-refractivity contribution in [3.05, 3.63) is 18.2 Å². The number of hydrogen-bond donors (Lipinski definition) is 2. The number of rotatable bonds is 2. The minimum Gasteiger partial charge on any atom is -0.508 e. The van der Waals surface area contributed by atoms with Crippen molar-refractivity contribution < 1.29 is 14.9 Å². The Labute approximate surface area is 100 Å². The molecule has 0 fully saturated rings. The standard InChI is InChI=1S/C14H10O3/c1-3-4-5-6-7-11(2)17-14-9-12(15)8-13(16)10-14/h1,8-11,15-16H,2H3. The van der Waals surface area contributed by atoms with Crippen LogP contribution in [-0.4, -0.2) is 16.3 Å². The zero-order chi connectivity index (χ0) is 12.7. The van der Waals surface area contributed by atoms with Crippen molar-refractivity contribution in [3.8, 4) is 53.3 Å². The molecule has 1 rings (SSSR count). The van der Waals surface area contributed by atoms with Crippen LogP contribution in [0.1, 0.15) is 6.92 Å². The maximum Gasteiger partial charge on any atom is 0.157 e. The van der Waals surface area contributed by atoms with Crippen LogP contribution in [0.3, 0.4) is 0 Å². The Kier molecular flexibility index (Phi) is 4.37. The van der Waals surface area contributed by atoms with Crippen LogP contribution in [0.2, 0.25) is 0 Å². The molecule has 17 heavy (non-hydrogen) atoms. The zero-order valence-corrected chi connectivity index (χ0v) is 9.19. The molecule has 1 aromatic carbocycles. The molecule has 0 amide bonds. The lowest BCUT2D eigenvalue weighted by Crippen LogP contribution is -2.08. The minimum atomic E-state index is -0.428. The fourth-order valence-corrected chi connectivity index (χ4v) is 1.07. The molecule has 0 aromatic heterocycles. The van der Waals surface area contributed by atoms with Gasteiger partial charge < -0.3 is 14.9 Å². The van der Waals surface area contributed by atoms with E-state index < -0.39 is 6.10 Å². The van der Waals surface area contributed by atoms with Crippen molar-refractivity contribution >= 4 is 0 Å². The summed E-state index contributed by atoms with van der Waals surface area (Å²) < 4.78 is 5.34. The van der Waals surface area contributed by atoms with E-state index in [9.17, 15) is 10.2 Å². The zero-order valence-electron chi connectivity index (χ0n) is 9.19. The quantitative estimate of drug-likeness (QED) is 0.751. The number of ether oxygens (including phenoxy) is 1. The van der Waals surface area contributed by atoms with E-state index >= 15 is 0 Å². The van der Waals surface area contributed by atoms with Crippen molar-refractivity contribution in [3.63, 3.8) is 0 Å². The molecule has 1 atom stereocenters. The minimum absolute atomic E-state index is 0.0766. The van der Waals surface area contributed by atoms with E-state index in [1.807, 2.05) is 0 Å². The highest BCUT2D eigenvalue weighted by Gasteiger charge is 2.03. The first-order valence-corrected chi connectivity index (χ1v) is 4.77. The Morgan fingerprint density at radius 2 is 1.76 bits per heavy atom. The summed E-state index contributed by atoms with van der Waals surface area (Å²) in [5.41, 5.74) is 0. The number of benzene rings is 1. The summed E-state index contributed by atoms with van der Waals surface area (Å²) in [6.07, 6.45) is 4.50. The van der Waals surface area contributed by atoms with Gasteiger partial charge in [0.25, 0.3) is 0 Å². The SMILES string of the molecule is C#CC#CC#CC(C)Oc1cc(O)cc(O)c1. The lowest BCUT2D eigenvalue weighted by Gasteiger charge is -2.09. The Balaban J connectivity index is 2.70. The van der Waals surface area contributed by atoms with Gasteiger partial charge in [0.05, 0.1) is 0 Å². The molecule has 1 unspecified atom stereocenters. The number of hydrogen-bond acceptors (Lipinski definition) is 3. The lowest BCUT2D eigenvalue weighted by atomic mass is 10.3. The van der Waals surface area contributed by atoms with Crippen molar-refractivity contribution in [1.29, 1.82) is 0 Å². The van der Waals surface area contributed by atoms with Gasteiger partial charge in [-0.05, 0) is 36.5 Å². The molecular formula is C14H10O3. The van der Waals surface area contributed by atoms with Crippen LogP contribution in [0.15, 0.2) is 18.2 Å². The summed E-state index contributed by atoms with van der Waals surface area (Å²) in [6, 6.07) is 3.97. The molecule has 0 bridgehead atoms. The van der Waals surface area contributed by atoms with Gasteiger partial charge in [0.1, 0.15) is 17.2 Å². The van der Waals surface area contributed by atoms with Crippen LogP contribution < -0.4 is 4.74 Å². The summed E-state index contributed by atoms with van der Waals surface area (Å²) >= 11 is 0. The predicted molar refractivity (Wildman–Crippen MR) is 64.2 cm³/mol. The highest BCUT2D eigenvalue weighted by Crippen LogP contribution is 2.26. The average Bonchev–Trinajstić information content (AvgIpc) is 2.23. The Bertz CT molecular complexity index is 539. The molecular weight excluding hydrogens is 216 g/mol. The number of phenols is 2. The molecule has 84 valence electrons. The molecule has 3 nitrogen and oxygen atoms in total. The van der Waals surface area contributed by atoms with Crippen LogP contribution in [0.25, 0.3) is 0 Å². The predicted octanol–water partition coefficient (Wildman–Crippen LogP) is 1.51. The van der Waals surface area contributed by atoms with Crippen LogP contribution in [0, 0.1) is 36.0 Å². The van der Waals surface area contributed by atoms with Gasteiger partial charge in [0.15, 0.2) is 6.10 Å². The van der Waals surface area contributed by atoms with Crippen molar-refractivity contribution in [1.82, 2.24) is 0 Å². The molecule has 0 heterocycles. The summed E-state index contributed by atoms with van der Waals surface area (Å²) in [5.74, 6) is 12.3. The smallest absolute Gasteiger partial charge is 0.157 e. The third-order valence-electron chi connectivity index (χ3n) is 1.66. The molecule has 1 aromatic rings. The topological polar surface area (TPSA) is 49.7 Å². The van der Waals surface area contributed by atoms with E-state index in [-0.39, 0.29) is 11.5 Å². The van der Waals surface area contributed by atoms with Crippen molar-refractivity contribution in [2.45, 2.75) is 13.0 Å². The van der Waals surface area contributed by atoms with Gasteiger partial charge in [-0.3, -0.25) is 0 Å². The van der Waals surface area contributed by atoms with Gasteiger partial charge in [-0.15, -0.1) is 6.42 Å². The molecule has 0 aliphatic rings. The monoisotopic (exact) mass is 226 g/mol. The van der Waals surface area contributed by atoms with Crippen LogP contribution in [-0.2, 0) is 0 Å². The summed E-state index contributed by atoms with van der Waals surface area (Å²) in [6.45, 7) is 1.71. The summed E-state index contributed by atoms with van der Waals surface area (Å²) in [5, 5.41) is 18.5. The lowest BCUT2D eigenvalue weighted by molar-refractivity contribution is 0.276. The molecule has 0 saturated heterocycles. The number of phenolic OH excluding ortho intramolecular Hbond substituents is 2. The Morgan fingerprint density at radius 3 is 2.35 bits per heavy atom. The van der Waals surface area contributed by atoms with Crippen LogP contribution in [0.4, 0.5) is 0 Å². The van der Waals surface area contributed by atoms with Gasteiger partial charge in [-0.1, -0.05) is 0 Å². The second-order valence-corrected chi connectivity index (χ2v) is 3.11. The number of terminal acetylenes is 1. The van der Waals surface area contributed by atoms with Gasteiger partial charge in [-0.25, -0.2) is 0 Å². The van der Waals surface area contributed by atoms with Gasteiger partial charge in [0, 0.05) is 18.2 Å². The second-order valence-electron chi connectivity index (χ2n) is 3.11. The molecule has 0 aliphatic heterocycles. The van der Waals surface area contributed by atoms with Gasteiger partial charge in [0.2, 0.25) is 0 Å². The third-order valence-corrected chi connectivity index (χ3v) is 1.66. The molecule has 0 spiro atoms. The first kappa shape index (κ1) is 12.4. The van der Waals surface area contributed by atoms with Crippen molar-refractivity contribution in [2.24, 2.45) is 0 Å². The molecule has 0 saturated carbocycles. The highest BCUT2D eigenvalue weighted by atomic mass is 16.5. The largest absolute Gasteiger partial charge is 0.508 e. The van der Waals surface area contributed by atoms with Gasteiger partial charge >= 0.3 is 0 Å². The fraction of sp³-hybridized carbons (Fsp3) is 0.143. The van der Waals surface area contributed by atoms with Gasteiger partial charge in [-0.2, -0.15) is 0 Å². The van der Waals surface area contributed by atoms with Crippen LogP contribution >= 0.6 is 0 Å². The molecule has 2 N–H and O–H groups in total. The van der Waals surface area contributed by atoms with Crippen molar-refractivity contribution in [2.75, 3.05) is 0 Å². The van der Waals surface area contributed by atoms with E-state index in [1.165, 1.54) is 18.2 Å². The maximum absolute atomic E-state index is 9.23.